The molecule has 0 aromatic heterocycles. The Balaban J connectivity index is 1.59. The third-order valence-corrected chi connectivity index (χ3v) is 26.1. The molecule has 0 amide bonds. The molecular formula is C32H30Si2. The summed E-state index contributed by atoms with van der Waals surface area (Å²) in [6.45, 7) is 10.5. The molecule has 0 spiro atoms. The van der Waals surface area contributed by atoms with Gasteiger partial charge in [-0.1, -0.05) is 121 Å². The molecule has 0 saturated carbocycles. The predicted molar refractivity (Wildman–Crippen MR) is 157 cm³/mol. The largest absolute Gasteiger partial charge is 0.0799 e. The lowest BCUT2D eigenvalue weighted by molar-refractivity contribution is 1.72. The van der Waals surface area contributed by atoms with Gasteiger partial charge in [0.1, 0.15) is 0 Å². The van der Waals surface area contributed by atoms with E-state index in [0.29, 0.717) is 0 Å². The first kappa shape index (κ1) is 21.3. The second-order valence-electron chi connectivity index (χ2n) is 10.7. The molecule has 6 rings (SSSR count). The molecule has 0 bridgehead atoms. The minimum absolute atomic E-state index is 1.32. The Morgan fingerprint density at radius 3 is 1.06 bits per heavy atom. The first-order valence-corrected chi connectivity index (χ1v) is 19.2. The van der Waals surface area contributed by atoms with Crippen LogP contribution in [0.25, 0.3) is 43.1 Å². The normalized spacial score (nSPS) is 12.7. The van der Waals surface area contributed by atoms with Crippen LogP contribution in [0.1, 0.15) is 0 Å². The summed E-state index contributed by atoms with van der Waals surface area (Å²) in [6.07, 6.45) is 0. The molecule has 6 aromatic carbocycles. The smallest absolute Gasteiger partial charge is 0.0671 e. The first-order valence-electron chi connectivity index (χ1n) is 12.2. The predicted octanol–water partition coefficient (Wildman–Crippen LogP) is 7.91. The molecule has 6 aromatic rings. The topological polar surface area (TPSA) is 0 Å². The van der Waals surface area contributed by atoms with E-state index in [4.69, 9.17) is 0 Å². The van der Waals surface area contributed by atoms with Crippen molar-refractivity contribution in [3.05, 3.63) is 109 Å². The summed E-state index contributed by atoms with van der Waals surface area (Å²) in [5.41, 5.74) is 0. The lowest BCUT2D eigenvalue weighted by atomic mass is 10.0. The Labute approximate surface area is 203 Å². The molecular weight excluding hydrogens is 441 g/mol. The van der Waals surface area contributed by atoms with E-state index in [-0.39, 0.29) is 0 Å². The maximum atomic E-state index is 2.61. The van der Waals surface area contributed by atoms with Crippen LogP contribution in [0, 0.1) is 0 Å². The van der Waals surface area contributed by atoms with Gasteiger partial charge in [-0.2, -0.15) is 0 Å². The molecule has 0 atom stereocenters. The summed E-state index contributed by atoms with van der Waals surface area (Å²) >= 11 is 0. The van der Waals surface area contributed by atoms with Crippen molar-refractivity contribution in [3.63, 3.8) is 0 Å². The van der Waals surface area contributed by atoms with Crippen LogP contribution in [0.3, 0.4) is 0 Å². The van der Waals surface area contributed by atoms with Crippen LogP contribution in [-0.2, 0) is 0 Å². The molecule has 2 heteroatoms. The lowest BCUT2D eigenvalue weighted by Gasteiger charge is -2.40. The van der Waals surface area contributed by atoms with Gasteiger partial charge in [0, 0.05) is 0 Å². The zero-order valence-electron chi connectivity index (χ0n) is 20.4. The summed E-state index contributed by atoms with van der Waals surface area (Å²) in [5, 5.41) is 14.2. The second kappa shape index (κ2) is 7.66. The van der Waals surface area contributed by atoms with Gasteiger partial charge < -0.3 is 0 Å². The highest BCUT2D eigenvalue weighted by Gasteiger charge is 2.45. The Kier molecular flexibility index (Phi) is 4.81. The van der Waals surface area contributed by atoms with Crippen LogP contribution in [0.5, 0.6) is 0 Å². The number of fused-ring (bicyclic) bond motifs is 4. The van der Waals surface area contributed by atoms with Crippen LogP contribution in [0.4, 0.5) is 0 Å². The maximum absolute atomic E-state index is 2.61. The van der Waals surface area contributed by atoms with Gasteiger partial charge in [0.05, 0.1) is 15.2 Å². The quantitative estimate of drug-likeness (QED) is 0.182. The van der Waals surface area contributed by atoms with E-state index < -0.39 is 15.2 Å². The summed E-state index contributed by atoms with van der Waals surface area (Å²) in [5.74, 6) is 0. The van der Waals surface area contributed by atoms with Crippen molar-refractivity contribution in [2.75, 3.05) is 0 Å². The van der Waals surface area contributed by atoms with Gasteiger partial charge in [0.15, 0.2) is 0 Å². The third-order valence-electron chi connectivity index (χ3n) is 8.40. The molecule has 0 fully saturated rings. The van der Waals surface area contributed by atoms with Gasteiger partial charge in [-0.3, -0.25) is 0 Å². The van der Waals surface area contributed by atoms with E-state index in [1.165, 1.54) is 43.1 Å². The average molecular weight is 471 g/mol. The van der Waals surface area contributed by atoms with Gasteiger partial charge in [-0.25, -0.2) is 0 Å². The number of hydrogen-bond acceptors (Lipinski definition) is 0. The average Bonchev–Trinajstić information content (AvgIpc) is 2.85. The van der Waals surface area contributed by atoms with Crippen molar-refractivity contribution in [1.29, 1.82) is 0 Å². The zero-order chi connectivity index (χ0) is 23.5. The van der Waals surface area contributed by atoms with Crippen molar-refractivity contribution in [2.45, 2.75) is 26.2 Å². The Morgan fingerprint density at radius 1 is 0.353 bits per heavy atom. The van der Waals surface area contributed by atoms with Crippen molar-refractivity contribution >= 4 is 68.6 Å². The molecule has 166 valence electrons. The fourth-order valence-electron chi connectivity index (χ4n) is 5.70. The highest BCUT2D eigenvalue weighted by Crippen LogP contribution is 2.30. The molecule has 34 heavy (non-hydrogen) atoms. The highest BCUT2D eigenvalue weighted by molar-refractivity contribution is 7.50. The standard InChI is InChI=1S/C32H30Si2/c1-33(2,31-17-9-15-27-19-23-11-5-7-13-25(23)21-29(27)31)34(3,4)32-18-10-16-28-20-24-12-6-8-14-26(24)22-30(28)32/h5-22H,1-4H3. The van der Waals surface area contributed by atoms with E-state index in [0.717, 1.165) is 0 Å². The van der Waals surface area contributed by atoms with Gasteiger partial charge in [-0.15, -0.1) is 0 Å². The lowest BCUT2D eigenvalue weighted by Crippen LogP contribution is -2.69. The molecule has 0 aliphatic carbocycles. The van der Waals surface area contributed by atoms with Crippen LogP contribution in [0.15, 0.2) is 109 Å². The molecule has 0 aliphatic rings. The van der Waals surface area contributed by atoms with E-state index in [1.807, 2.05) is 0 Å². The SMILES string of the molecule is C[Si](C)(c1cccc2cc3ccccc3cc12)[Si](C)(C)c1cccc2cc3ccccc3cc12. The zero-order valence-corrected chi connectivity index (χ0v) is 22.4. The fraction of sp³-hybridized carbons (Fsp3) is 0.125. The second-order valence-corrected chi connectivity index (χ2v) is 25.8. The molecule has 0 unspecified atom stereocenters. The molecule has 0 saturated heterocycles. The Hall–Kier alpha value is -3.21. The molecule has 0 aliphatic heterocycles. The molecule has 0 radical (unpaired) electrons. The van der Waals surface area contributed by atoms with Crippen molar-refractivity contribution in [3.8, 4) is 0 Å². The fourth-order valence-corrected chi connectivity index (χ4v) is 15.2. The monoisotopic (exact) mass is 470 g/mol. The number of benzene rings is 6. The summed E-state index contributed by atoms with van der Waals surface area (Å²) in [4.78, 5) is 0. The van der Waals surface area contributed by atoms with Crippen molar-refractivity contribution in [2.24, 2.45) is 0 Å². The van der Waals surface area contributed by atoms with Gasteiger partial charge >= 0.3 is 0 Å². The Morgan fingerprint density at radius 2 is 0.676 bits per heavy atom. The van der Waals surface area contributed by atoms with Crippen LogP contribution >= 0.6 is 0 Å². The van der Waals surface area contributed by atoms with Gasteiger partial charge in [0.2, 0.25) is 0 Å². The first-order chi connectivity index (χ1) is 16.4. The van der Waals surface area contributed by atoms with E-state index in [1.54, 1.807) is 10.4 Å². The minimum Gasteiger partial charge on any atom is -0.0671 e. The highest BCUT2D eigenvalue weighted by atomic mass is 29.3. The van der Waals surface area contributed by atoms with Crippen molar-refractivity contribution in [1.82, 2.24) is 0 Å². The summed E-state index contributed by atoms with van der Waals surface area (Å²) in [7, 11) is -3.69. The molecule has 0 nitrogen and oxygen atoms in total. The van der Waals surface area contributed by atoms with E-state index >= 15 is 0 Å². The van der Waals surface area contributed by atoms with Gasteiger partial charge in [0.25, 0.3) is 0 Å². The number of hydrogen-bond donors (Lipinski definition) is 0. The summed E-state index contributed by atoms with van der Waals surface area (Å²) < 4.78 is 0. The summed E-state index contributed by atoms with van der Waals surface area (Å²) in [6, 6.07) is 41.1. The van der Waals surface area contributed by atoms with Crippen molar-refractivity contribution < 1.29 is 0 Å². The van der Waals surface area contributed by atoms with Crippen LogP contribution in [-0.4, -0.2) is 15.2 Å². The molecule has 0 N–H and O–H groups in total. The Bertz CT molecular complexity index is 1580. The van der Waals surface area contributed by atoms with Gasteiger partial charge in [-0.05, 0) is 67.4 Å². The third kappa shape index (κ3) is 3.17. The minimum atomic E-state index is -1.85. The maximum Gasteiger partial charge on any atom is 0.0799 e. The van der Waals surface area contributed by atoms with Crippen LogP contribution < -0.4 is 10.4 Å². The van der Waals surface area contributed by atoms with Crippen LogP contribution in [0.2, 0.25) is 26.2 Å². The number of rotatable bonds is 3. The van der Waals surface area contributed by atoms with E-state index in [9.17, 15) is 0 Å². The van der Waals surface area contributed by atoms with E-state index in [2.05, 4.69) is 135 Å². The molecule has 0 heterocycles.